The van der Waals surface area contributed by atoms with E-state index in [0.29, 0.717) is 35.8 Å². The van der Waals surface area contributed by atoms with E-state index in [0.717, 1.165) is 16.9 Å². The molecule has 3 N–H and O–H groups in total. The van der Waals surface area contributed by atoms with Gasteiger partial charge in [-0.25, -0.2) is 0 Å². The van der Waals surface area contributed by atoms with Gasteiger partial charge in [0.25, 0.3) is 0 Å². The van der Waals surface area contributed by atoms with Crippen molar-refractivity contribution in [2.45, 2.75) is 45.3 Å². The monoisotopic (exact) mass is 516 g/mol. The average molecular weight is 517 g/mol. The van der Waals surface area contributed by atoms with Crippen LogP contribution in [0.2, 0.25) is 0 Å². The first-order valence-corrected chi connectivity index (χ1v) is 12.9. The van der Waals surface area contributed by atoms with Gasteiger partial charge in [0.1, 0.15) is 11.5 Å². The third kappa shape index (κ3) is 7.56. The van der Waals surface area contributed by atoms with Crippen LogP contribution in [-0.4, -0.2) is 23.7 Å². The van der Waals surface area contributed by atoms with Gasteiger partial charge in [-0.1, -0.05) is 77.8 Å². The number of rotatable bonds is 10. The number of carbonyl (C=O) groups excluding carboxylic acids is 1. The maximum atomic E-state index is 13.1. The molecule has 4 rings (SSSR count). The van der Waals surface area contributed by atoms with Crippen LogP contribution in [0, 0.1) is 6.92 Å². The lowest BCUT2D eigenvalue weighted by atomic mass is 10.0. The zero-order valence-electron chi connectivity index (χ0n) is 21.2. The molecule has 0 saturated carbocycles. The smallest absolute Gasteiger partial charge is 0.247 e. The van der Waals surface area contributed by atoms with E-state index in [9.17, 15) is 9.90 Å². The quantitative estimate of drug-likeness (QED) is 0.309. The van der Waals surface area contributed by atoms with Crippen LogP contribution in [0.3, 0.4) is 0 Å². The maximum Gasteiger partial charge on any atom is 0.247 e. The number of carbonyl (C=O) groups is 1. The molecule has 1 unspecified atom stereocenters. The first-order chi connectivity index (χ1) is 17.9. The van der Waals surface area contributed by atoms with Gasteiger partial charge >= 0.3 is 0 Å². The fourth-order valence-corrected chi connectivity index (χ4v) is 4.41. The Morgan fingerprint density at radius 1 is 1.05 bits per heavy atom. The van der Waals surface area contributed by atoms with Gasteiger partial charge in [0.2, 0.25) is 5.91 Å². The van der Waals surface area contributed by atoms with Crippen molar-refractivity contribution in [1.82, 2.24) is 10.6 Å². The maximum absolute atomic E-state index is 13.1. The van der Waals surface area contributed by atoms with Crippen molar-refractivity contribution < 1.29 is 14.3 Å². The third-order valence-electron chi connectivity index (χ3n) is 6.41. The van der Waals surface area contributed by atoms with Crippen LogP contribution in [0.25, 0.3) is 5.57 Å². The van der Waals surface area contributed by atoms with Crippen molar-refractivity contribution in [3.63, 3.8) is 0 Å². The van der Waals surface area contributed by atoms with Crippen molar-refractivity contribution in [2.75, 3.05) is 6.61 Å². The van der Waals surface area contributed by atoms with Crippen LogP contribution in [-0.2, 0) is 17.8 Å². The minimum Gasteiger partial charge on any atom is -0.460 e. The molecular formula is C31H33ClN2O3. The molecular weight excluding hydrogens is 484 g/mol. The highest BCUT2D eigenvalue weighted by Crippen LogP contribution is 2.28. The molecule has 1 amide bonds. The predicted octanol–water partition coefficient (Wildman–Crippen LogP) is 5.99. The summed E-state index contributed by atoms with van der Waals surface area (Å²) in [5, 5.41) is 16.8. The molecule has 0 aliphatic heterocycles. The summed E-state index contributed by atoms with van der Waals surface area (Å²) in [5.41, 5.74) is 4.78. The number of halogens is 1. The number of benzene rings is 2. The number of hydrogen-bond acceptors (Lipinski definition) is 4. The second kappa shape index (κ2) is 12.7. The minimum absolute atomic E-state index is 0.157. The normalized spacial score (nSPS) is 15.2. The summed E-state index contributed by atoms with van der Waals surface area (Å²) in [6.07, 6.45) is 6.31. The molecule has 1 aromatic heterocycles. The number of allylic oxidation sites excluding steroid dienone is 5. The van der Waals surface area contributed by atoms with Gasteiger partial charge in [0.05, 0.1) is 19.2 Å². The Morgan fingerprint density at radius 2 is 1.81 bits per heavy atom. The molecule has 3 aromatic rings. The molecule has 0 fully saturated rings. The number of aliphatic hydroxyl groups is 1. The zero-order valence-corrected chi connectivity index (χ0v) is 22.0. The molecule has 1 aliphatic carbocycles. The molecule has 1 aliphatic rings. The highest BCUT2D eigenvalue weighted by molar-refractivity contribution is 6.30. The van der Waals surface area contributed by atoms with Crippen LogP contribution in [0.1, 0.15) is 47.6 Å². The van der Waals surface area contributed by atoms with Crippen molar-refractivity contribution in [1.29, 1.82) is 0 Å². The van der Waals surface area contributed by atoms with Crippen molar-refractivity contribution in [3.05, 3.63) is 124 Å². The Kier molecular flexibility index (Phi) is 9.18. The molecule has 0 spiro atoms. The highest BCUT2D eigenvalue weighted by atomic mass is 35.5. The first-order valence-electron chi connectivity index (χ1n) is 12.5. The van der Waals surface area contributed by atoms with Crippen LogP contribution >= 0.6 is 11.6 Å². The molecule has 6 heteroatoms. The second-order valence-electron chi connectivity index (χ2n) is 9.40. The standard InChI is InChI=1S/C31H33ClN2O3/c1-21-8-10-24(11-9-21)22(2)33-19-29-14-15-30(37-29)25-12-13-27(32)18-26(17-25)31(36)34-28(20-35)16-23-6-4-3-5-7-23/h3-15,17,22,28,33,35H,16,18-20H2,1-2H3,(H,34,36)/t22?,28-/m1/s1. The number of aliphatic hydroxyl groups excluding tert-OH is 1. The van der Waals surface area contributed by atoms with Gasteiger partial charge in [0, 0.05) is 28.6 Å². The van der Waals surface area contributed by atoms with Crippen molar-refractivity contribution in [2.24, 2.45) is 0 Å². The molecule has 0 saturated heterocycles. The number of nitrogens with one attached hydrogen (secondary N) is 2. The van der Waals surface area contributed by atoms with Crippen molar-refractivity contribution >= 4 is 23.1 Å². The van der Waals surface area contributed by atoms with Gasteiger partial charge in [0.15, 0.2) is 0 Å². The lowest BCUT2D eigenvalue weighted by Crippen LogP contribution is -2.39. The summed E-state index contributed by atoms with van der Waals surface area (Å²) in [6.45, 7) is 4.62. The van der Waals surface area contributed by atoms with Crippen LogP contribution in [0.15, 0.2) is 100.0 Å². The Labute approximate surface area is 223 Å². The van der Waals surface area contributed by atoms with Gasteiger partial charge in [-0.2, -0.15) is 0 Å². The highest BCUT2D eigenvalue weighted by Gasteiger charge is 2.19. The van der Waals surface area contributed by atoms with Crippen LogP contribution < -0.4 is 10.6 Å². The lowest BCUT2D eigenvalue weighted by Gasteiger charge is -2.17. The largest absolute Gasteiger partial charge is 0.460 e. The molecule has 0 bridgehead atoms. The minimum atomic E-state index is -0.397. The van der Waals surface area contributed by atoms with E-state index < -0.39 is 6.04 Å². The zero-order chi connectivity index (χ0) is 26.2. The Bertz CT molecular complexity index is 1290. The number of amides is 1. The number of hydrogen-bond donors (Lipinski definition) is 3. The van der Waals surface area contributed by atoms with E-state index in [1.165, 1.54) is 11.1 Å². The Balaban J connectivity index is 1.42. The van der Waals surface area contributed by atoms with Crippen LogP contribution in [0.5, 0.6) is 0 Å². The van der Waals surface area contributed by atoms with E-state index in [1.807, 2.05) is 54.6 Å². The van der Waals surface area contributed by atoms with Gasteiger partial charge < -0.3 is 20.2 Å². The Hall–Kier alpha value is -3.38. The molecule has 192 valence electrons. The molecule has 2 atom stereocenters. The van der Waals surface area contributed by atoms with Gasteiger partial charge in [-0.15, -0.1) is 0 Å². The summed E-state index contributed by atoms with van der Waals surface area (Å²) in [4.78, 5) is 13.1. The van der Waals surface area contributed by atoms with E-state index in [1.54, 1.807) is 6.08 Å². The summed E-state index contributed by atoms with van der Waals surface area (Å²) >= 11 is 6.38. The SMILES string of the molecule is Cc1ccc(C(C)NCc2ccc(C3=CC=C(Cl)CC(C(=O)N[C@@H](CO)Cc4ccccc4)=C3)o2)cc1. The molecule has 5 nitrogen and oxygen atoms in total. The molecule has 1 heterocycles. The molecule has 2 aromatic carbocycles. The topological polar surface area (TPSA) is 74.5 Å². The van der Waals surface area contributed by atoms with Gasteiger partial charge in [-0.05, 0) is 55.7 Å². The van der Waals surface area contributed by atoms with Crippen molar-refractivity contribution in [3.8, 4) is 0 Å². The first kappa shape index (κ1) is 26.7. The lowest BCUT2D eigenvalue weighted by molar-refractivity contribution is -0.118. The summed E-state index contributed by atoms with van der Waals surface area (Å²) < 4.78 is 6.11. The fraction of sp³-hybridized carbons (Fsp3) is 0.258. The summed E-state index contributed by atoms with van der Waals surface area (Å²) in [7, 11) is 0. The third-order valence-corrected chi connectivity index (χ3v) is 6.67. The number of aryl methyl sites for hydroxylation is 1. The average Bonchev–Trinajstić information content (AvgIpc) is 3.29. The van der Waals surface area contributed by atoms with E-state index >= 15 is 0 Å². The summed E-state index contributed by atoms with van der Waals surface area (Å²) in [6, 6.07) is 21.9. The van der Waals surface area contributed by atoms with Crippen LogP contribution in [0.4, 0.5) is 0 Å². The van der Waals surface area contributed by atoms with E-state index in [4.69, 9.17) is 16.0 Å². The molecule has 37 heavy (non-hydrogen) atoms. The summed E-state index contributed by atoms with van der Waals surface area (Å²) in [5.74, 6) is 1.21. The number of furan rings is 1. The molecule has 0 radical (unpaired) electrons. The van der Waals surface area contributed by atoms with Gasteiger partial charge in [-0.3, -0.25) is 4.79 Å². The van der Waals surface area contributed by atoms with E-state index in [-0.39, 0.29) is 18.6 Å². The fourth-order valence-electron chi connectivity index (χ4n) is 4.20. The second-order valence-corrected chi connectivity index (χ2v) is 9.89. The predicted molar refractivity (Wildman–Crippen MR) is 149 cm³/mol. The van der Waals surface area contributed by atoms with E-state index in [2.05, 4.69) is 48.7 Å². The Morgan fingerprint density at radius 3 is 2.54 bits per heavy atom.